The van der Waals surface area contributed by atoms with Crippen molar-refractivity contribution in [3.63, 3.8) is 0 Å². The third kappa shape index (κ3) is 3.75. The molecular formula is C23H19FN4O3. The van der Waals surface area contributed by atoms with Gasteiger partial charge in [0, 0.05) is 24.4 Å². The van der Waals surface area contributed by atoms with Crippen LogP contribution in [0.3, 0.4) is 0 Å². The lowest BCUT2D eigenvalue weighted by Crippen LogP contribution is -2.22. The van der Waals surface area contributed by atoms with Gasteiger partial charge in [0.15, 0.2) is 0 Å². The van der Waals surface area contributed by atoms with Gasteiger partial charge < -0.3 is 10.4 Å². The maximum atomic E-state index is 14.4. The summed E-state index contributed by atoms with van der Waals surface area (Å²) in [5.74, 6) is -1.12. The zero-order chi connectivity index (χ0) is 22.1. The highest BCUT2D eigenvalue weighted by molar-refractivity contribution is 5.93. The summed E-state index contributed by atoms with van der Waals surface area (Å²) in [5, 5.41) is 12.6. The Kier molecular flexibility index (Phi) is 5.21. The lowest BCUT2D eigenvalue weighted by atomic mass is 10.0. The Morgan fingerprint density at radius 1 is 1.16 bits per heavy atom. The average Bonchev–Trinajstić information content (AvgIpc) is 2.77. The summed E-state index contributed by atoms with van der Waals surface area (Å²) >= 11 is 0. The molecule has 0 spiro atoms. The summed E-state index contributed by atoms with van der Waals surface area (Å²) in [5.41, 5.74) is 1.13. The second-order valence-corrected chi connectivity index (χ2v) is 7.13. The zero-order valence-electron chi connectivity index (χ0n) is 16.8. The van der Waals surface area contributed by atoms with Crippen LogP contribution in [-0.4, -0.2) is 25.6 Å². The first-order valence-electron chi connectivity index (χ1n) is 9.57. The van der Waals surface area contributed by atoms with Crippen molar-refractivity contribution in [2.24, 2.45) is 7.05 Å². The number of hydrogen-bond donors (Lipinski definition) is 2. The topological polar surface area (TPSA) is 97.1 Å². The SMILES string of the molecule is C[C@@H](Nc1ncccc1C(=O)O)c1cc(F)cc2c(=O)n(C)c(-c3ccccc3)nc12. The number of nitrogens with one attached hydrogen (secondary N) is 1. The summed E-state index contributed by atoms with van der Waals surface area (Å²) < 4.78 is 15.8. The van der Waals surface area contributed by atoms with Crippen molar-refractivity contribution in [1.29, 1.82) is 0 Å². The van der Waals surface area contributed by atoms with Crippen LogP contribution in [0.5, 0.6) is 0 Å². The van der Waals surface area contributed by atoms with Crippen LogP contribution < -0.4 is 10.9 Å². The monoisotopic (exact) mass is 418 g/mol. The third-order valence-corrected chi connectivity index (χ3v) is 5.06. The Morgan fingerprint density at radius 2 is 1.90 bits per heavy atom. The molecular weight excluding hydrogens is 399 g/mol. The zero-order valence-corrected chi connectivity index (χ0v) is 16.8. The van der Waals surface area contributed by atoms with Crippen LogP contribution >= 0.6 is 0 Å². The van der Waals surface area contributed by atoms with E-state index in [9.17, 15) is 19.1 Å². The highest BCUT2D eigenvalue weighted by Crippen LogP contribution is 2.28. The maximum absolute atomic E-state index is 14.4. The van der Waals surface area contributed by atoms with E-state index in [2.05, 4.69) is 15.3 Å². The lowest BCUT2D eigenvalue weighted by molar-refractivity contribution is 0.0697. The predicted molar refractivity (Wildman–Crippen MR) is 116 cm³/mol. The minimum atomic E-state index is -1.13. The fourth-order valence-electron chi connectivity index (χ4n) is 3.52. The molecule has 0 radical (unpaired) electrons. The minimum absolute atomic E-state index is 0.0103. The second-order valence-electron chi connectivity index (χ2n) is 7.13. The van der Waals surface area contributed by atoms with E-state index in [1.165, 1.54) is 35.0 Å². The number of hydrogen-bond acceptors (Lipinski definition) is 5. The molecule has 1 atom stereocenters. The van der Waals surface area contributed by atoms with Gasteiger partial charge in [-0.05, 0) is 31.2 Å². The fourth-order valence-corrected chi connectivity index (χ4v) is 3.52. The molecule has 0 aliphatic rings. The van der Waals surface area contributed by atoms with E-state index in [1.807, 2.05) is 30.3 Å². The number of anilines is 1. The van der Waals surface area contributed by atoms with Crippen molar-refractivity contribution in [1.82, 2.24) is 14.5 Å². The van der Waals surface area contributed by atoms with Crippen molar-refractivity contribution in [3.8, 4) is 11.4 Å². The van der Waals surface area contributed by atoms with Crippen molar-refractivity contribution in [3.05, 3.63) is 88.1 Å². The molecule has 0 saturated carbocycles. The van der Waals surface area contributed by atoms with Crippen LogP contribution in [0, 0.1) is 5.82 Å². The normalized spacial score (nSPS) is 12.0. The van der Waals surface area contributed by atoms with Gasteiger partial charge in [0.1, 0.15) is 23.0 Å². The number of nitrogens with zero attached hydrogens (tertiary/aromatic N) is 3. The van der Waals surface area contributed by atoms with Crippen LogP contribution in [0.2, 0.25) is 0 Å². The Morgan fingerprint density at radius 3 is 2.61 bits per heavy atom. The van der Waals surface area contributed by atoms with Gasteiger partial charge in [-0.25, -0.2) is 19.2 Å². The van der Waals surface area contributed by atoms with E-state index in [4.69, 9.17) is 0 Å². The molecule has 0 amide bonds. The average molecular weight is 418 g/mol. The Labute approximate surface area is 176 Å². The van der Waals surface area contributed by atoms with Gasteiger partial charge in [-0.2, -0.15) is 0 Å². The molecule has 4 aromatic rings. The molecule has 0 bridgehead atoms. The standard InChI is InChI=1S/C23H19FN4O3/c1-13(26-20-16(23(30)31)9-6-10-25-20)17-11-15(24)12-18-19(17)27-21(28(2)22(18)29)14-7-4-3-5-8-14/h3-13H,1-2H3,(H,25,26)(H,30,31)/t13-/m1/s1. The molecule has 0 aliphatic heterocycles. The van der Waals surface area contributed by atoms with Gasteiger partial charge in [0.2, 0.25) is 0 Å². The van der Waals surface area contributed by atoms with Gasteiger partial charge in [0.05, 0.1) is 16.9 Å². The number of benzene rings is 2. The summed E-state index contributed by atoms with van der Waals surface area (Å²) in [4.78, 5) is 33.3. The molecule has 4 rings (SSSR count). The van der Waals surface area contributed by atoms with Crippen molar-refractivity contribution < 1.29 is 14.3 Å². The van der Waals surface area contributed by atoms with Crippen molar-refractivity contribution in [2.45, 2.75) is 13.0 Å². The van der Waals surface area contributed by atoms with Crippen LogP contribution in [0.15, 0.2) is 65.6 Å². The number of aromatic carboxylic acids is 1. The number of carboxylic acid groups (broad SMARTS) is 1. The molecule has 2 aromatic carbocycles. The van der Waals surface area contributed by atoms with E-state index in [0.717, 1.165) is 5.56 Å². The molecule has 2 heterocycles. The van der Waals surface area contributed by atoms with Gasteiger partial charge in [0.25, 0.3) is 5.56 Å². The summed E-state index contributed by atoms with van der Waals surface area (Å²) in [6, 6.07) is 14.1. The number of halogens is 1. The number of carboxylic acids is 1. The van der Waals surface area contributed by atoms with Crippen LogP contribution in [-0.2, 0) is 7.05 Å². The number of fused-ring (bicyclic) bond motifs is 1. The van der Waals surface area contributed by atoms with E-state index in [-0.39, 0.29) is 22.3 Å². The predicted octanol–water partition coefficient (Wildman–Crippen LogP) is 4.01. The van der Waals surface area contributed by atoms with Crippen LogP contribution in [0.1, 0.15) is 28.9 Å². The Hall–Kier alpha value is -4.07. The van der Waals surface area contributed by atoms with Gasteiger partial charge in [-0.15, -0.1) is 0 Å². The van der Waals surface area contributed by atoms with Gasteiger partial charge in [-0.1, -0.05) is 30.3 Å². The smallest absolute Gasteiger partial charge is 0.339 e. The fraction of sp³-hybridized carbons (Fsp3) is 0.130. The molecule has 0 unspecified atom stereocenters. The first kappa shape index (κ1) is 20.2. The van der Waals surface area contributed by atoms with Crippen LogP contribution in [0.4, 0.5) is 10.2 Å². The third-order valence-electron chi connectivity index (χ3n) is 5.06. The first-order valence-corrected chi connectivity index (χ1v) is 9.57. The maximum Gasteiger partial charge on any atom is 0.339 e. The minimum Gasteiger partial charge on any atom is -0.478 e. The molecule has 7 nitrogen and oxygen atoms in total. The van der Waals surface area contributed by atoms with Gasteiger partial charge in [-0.3, -0.25) is 9.36 Å². The number of aromatic nitrogens is 3. The molecule has 0 saturated heterocycles. The highest BCUT2D eigenvalue weighted by Gasteiger charge is 2.20. The van der Waals surface area contributed by atoms with Crippen molar-refractivity contribution >= 4 is 22.7 Å². The van der Waals surface area contributed by atoms with Gasteiger partial charge >= 0.3 is 5.97 Å². The Bertz CT molecular complexity index is 1350. The van der Waals surface area contributed by atoms with E-state index >= 15 is 0 Å². The second kappa shape index (κ2) is 7.98. The quantitative estimate of drug-likeness (QED) is 0.508. The molecule has 2 aromatic heterocycles. The lowest BCUT2D eigenvalue weighted by Gasteiger charge is -2.19. The number of rotatable bonds is 5. The molecule has 31 heavy (non-hydrogen) atoms. The van der Waals surface area contributed by atoms with Crippen molar-refractivity contribution in [2.75, 3.05) is 5.32 Å². The highest BCUT2D eigenvalue weighted by atomic mass is 19.1. The number of pyridine rings is 1. The largest absolute Gasteiger partial charge is 0.478 e. The van der Waals surface area contributed by atoms with E-state index < -0.39 is 17.8 Å². The number of carbonyl (C=O) groups is 1. The summed E-state index contributed by atoms with van der Waals surface area (Å²) in [7, 11) is 1.59. The van der Waals surface area contributed by atoms with E-state index in [1.54, 1.807) is 14.0 Å². The molecule has 0 fully saturated rings. The molecule has 156 valence electrons. The summed E-state index contributed by atoms with van der Waals surface area (Å²) in [6.07, 6.45) is 1.46. The summed E-state index contributed by atoms with van der Waals surface area (Å²) in [6.45, 7) is 1.73. The molecule has 8 heteroatoms. The molecule has 2 N–H and O–H groups in total. The van der Waals surface area contributed by atoms with E-state index in [0.29, 0.717) is 16.9 Å². The first-order chi connectivity index (χ1) is 14.9. The Balaban J connectivity index is 1.89. The van der Waals surface area contributed by atoms with Crippen LogP contribution in [0.25, 0.3) is 22.3 Å². The molecule has 0 aliphatic carbocycles.